The molecule has 1 aromatic carbocycles. The number of ether oxygens (including phenoxy) is 2. The lowest BCUT2D eigenvalue weighted by molar-refractivity contribution is 0.0670. The van der Waals surface area contributed by atoms with E-state index in [-0.39, 0.29) is 12.0 Å². The lowest BCUT2D eigenvalue weighted by atomic mass is 10.1. The molecule has 1 aliphatic rings. The van der Waals surface area contributed by atoms with Crippen LogP contribution in [0.15, 0.2) is 48.8 Å². The van der Waals surface area contributed by atoms with E-state index in [0.717, 1.165) is 25.0 Å². The van der Waals surface area contributed by atoms with Crippen LogP contribution in [0.5, 0.6) is 5.75 Å². The second-order valence-electron chi connectivity index (χ2n) is 5.49. The van der Waals surface area contributed by atoms with E-state index >= 15 is 0 Å². The topological polar surface area (TPSA) is 60.5 Å². The molecule has 0 bridgehead atoms. The van der Waals surface area contributed by atoms with Gasteiger partial charge in [0.2, 0.25) is 0 Å². The molecule has 0 aliphatic carbocycles. The van der Waals surface area contributed by atoms with Crippen LogP contribution in [0.25, 0.3) is 0 Å². The molecular formula is C18H20N2O3. The average molecular weight is 312 g/mol. The van der Waals surface area contributed by atoms with E-state index in [1.165, 1.54) is 0 Å². The maximum Gasteiger partial charge on any atom is 0.255 e. The summed E-state index contributed by atoms with van der Waals surface area (Å²) in [6.07, 6.45) is 5.65. The number of pyridine rings is 1. The first-order valence-electron chi connectivity index (χ1n) is 7.83. The first-order valence-corrected chi connectivity index (χ1v) is 7.83. The summed E-state index contributed by atoms with van der Waals surface area (Å²) in [6, 6.07) is 11.0. The number of amides is 1. The molecule has 1 fully saturated rings. The lowest BCUT2D eigenvalue weighted by Crippen LogP contribution is -2.24. The molecule has 120 valence electrons. The van der Waals surface area contributed by atoms with E-state index in [2.05, 4.69) is 10.3 Å². The molecule has 1 unspecified atom stereocenters. The average Bonchev–Trinajstić information content (AvgIpc) is 3.12. The zero-order chi connectivity index (χ0) is 15.9. The largest absolute Gasteiger partial charge is 0.490 e. The molecule has 5 heteroatoms. The molecule has 2 aromatic rings. The number of carbonyl (C=O) groups excluding carboxylic acids is 1. The van der Waals surface area contributed by atoms with E-state index in [0.29, 0.717) is 24.5 Å². The van der Waals surface area contributed by atoms with Crippen molar-refractivity contribution in [1.82, 2.24) is 10.3 Å². The molecule has 1 N–H and O–H groups in total. The Bertz CT molecular complexity index is 640. The molecule has 0 saturated carbocycles. The molecule has 1 aromatic heterocycles. The van der Waals surface area contributed by atoms with Gasteiger partial charge in [-0.25, -0.2) is 0 Å². The first-order chi connectivity index (χ1) is 11.3. The summed E-state index contributed by atoms with van der Waals surface area (Å²) in [7, 11) is 0. The van der Waals surface area contributed by atoms with Crippen molar-refractivity contribution in [3.05, 3.63) is 59.9 Å². The van der Waals surface area contributed by atoms with Crippen LogP contribution >= 0.6 is 0 Å². The molecule has 0 radical (unpaired) electrons. The molecule has 1 amide bonds. The summed E-state index contributed by atoms with van der Waals surface area (Å²) in [5, 5.41) is 2.89. The number of nitrogens with one attached hydrogen (secondary N) is 1. The molecular weight excluding hydrogens is 292 g/mol. The quantitative estimate of drug-likeness (QED) is 0.890. The van der Waals surface area contributed by atoms with E-state index in [1.54, 1.807) is 18.5 Å². The fourth-order valence-corrected chi connectivity index (χ4v) is 2.52. The Morgan fingerprint density at radius 2 is 2.22 bits per heavy atom. The summed E-state index contributed by atoms with van der Waals surface area (Å²) < 4.78 is 11.3. The number of benzene rings is 1. The normalized spacial score (nSPS) is 17.0. The van der Waals surface area contributed by atoms with E-state index in [9.17, 15) is 4.79 Å². The third-order valence-corrected chi connectivity index (χ3v) is 3.76. The maximum absolute atomic E-state index is 12.4. The summed E-state index contributed by atoms with van der Waals surface area (Å²) in [4.78, 5) is 16.4. The standard InChI is InChI=1S/C18H20N2O3/c21-18(20-12-14-5-3-9-19-11-14)16-7-1-2-8-17(16)23-13-15-6-4-10-22-15/h1-3,5,7-9,11,15H,4,6,10,12-13H2,(H,20,21). The number of aromatic nitrogens is 1. The van der Waals surface area contributed by atoms with Gasteiger partial charge in [0.25, 0.3) is 5.91 Å². The number of para-hydroxylation sites is 1. The van der Waals surface area contributed by atoms with Crippen LogP contribution in [-0.4, -0.2) is 30.2 Å². The van der Waals surface area contributed by atoms with Crippen LogP contribution in [0, 0.1) is 0 Å². The summed E-state index contributed by atoms with van der Waals surface area (Å²) in [6.45, 7) is 1.71. The Morgan fingerprint density at radius 1 is 1.30 bits per heavy atom. The predicted molar refractivity (Wildman–Crippen MR) is 86.3 cm³/mol. The van der Waals surface area contributed by atoms with Gasteiger partial charge in [-0.2, -0.15) is 0 Å². The Labute approximate surface area is 135 Å². The Hall–Kier alpha value is -2.40. The minimum absolute atomic E-state index is 0.126. The summed E-state index contributed by atoms with van der Waals surface area (Å²) in [5.41, 5.74) is 1.49. The van der Waals surface area contributed by atoms with Gasteiger partial charge in [0.05, 0.1) is 11.7 Å². The molecule has 1 atom stereocenters. The van der Waals surface area contributed by atoms with E-state index in [4.69, 9.17) is 9.47 Å². The molecule has 23 heavy (non-hydrogen) atoms. The van der Waals surface area contributed by atoms with E-state index in [1.807, 2.05) is 30.3 Å². The van der Waals surface area contributed by atoms with Crippen molar-refractivity contribution in [2.24, 2.45) is 0 Å². The minimum Gasteiger partial charge on any atom is -0.490 e. The number of hydrogen-bond acceptors (Lipinski definition) is 4. The molecule has 0 spiro atoms. The van der Waals surface area contributed by atoms with Gasteiger partial charge in [-0.05, 0) is 36.6 Å². The Morgan fingerprint density at radius 3 is 3.00 bits per heavy atom. The van der Waals surface area contributed by atoms with Gasteiger partial charge in [0.1, 0.15) is 12.4 Å². The van der Waals surface area contributed by atoms with Crippen LogP contribution in [0.3, 0.4) is 0 Å². The summed E-state index contributed by atoms with van der Waals surface area (Å²) >= 11 is 0. The van der Waals surface area contributed by atoms with Crippen molar-refractivity contribution in [2.45, 2.75) is 25.5 Å². The van der Waals surface area contributed by atoms with Gasteiger partial charge in [-0.15, -0.1) is 0 Å². The van der Waals surface area contributed by atoms with Crippen LogP contribution in [0.2, 0.25) is 0 Å². The first kappa shape index (κ1) is 15.5. The predicted octanol–water partition coefficient (Wildman–Crippen LogP) is 2.57. The number of rotatable bonds is 6. The van der Waals surface area contributed by atoms with Gasteiger partial charge < -0.3 is 14.8 Å². The van der Waals surface area contributed by atoms with Crippen molar-refractivity contribution in [3.63, 3.8) is 0 Å². The molecule has 2 heterocycles. The van der Waals surface area contributed by atoms with Gasteiger partial charge in [0.15, 0.2) is 0 Å². The fraction of sp³-hybridized carbons (Fsp3) is 0.333. The lowest BCUT2D eigenvalue weighted by Gasteiger charge is -2.14. The smallest absolute Gasteiger partial charge is 0.255 e. The van der Waals surface area contributed by atoms with Crippen molar-refractivity contribution in [1.29, 1.82) is 0 Å². The molecule has 1 aliphatic heterocycles. The Kier molecular flexibility index (Phi) is 5.21. The monoisotopic (exact) mass is 312 g/mol. The number of nitrogens with zero attached hydrogens (tertiary/aromatic N) is 1. The van der Waals surface area contributed by atoms with Gasteiger partial charge >= 0.3 is 0 Å². The highest BCUT2D eigenvalue weighted by Crippen LogP contribution is 2.20. The second kappa shape index (κ2) is 7.74. The molecule has 5 nitrogen and oxygen atoms in total. The highest BCUT2D eigenvalue weighted by atomic mass is 16.5. The zero-order valence-corrected chi connectivity index (χ0v) is 12.9. The van der Waals surface area contributed by atoms with Crippen LogP contribution < -0.4 is 10.1 Å². The van der Waals surface area contributed by atoms with Gasteiger partial charge in [0, 0.05) is 25.5 Å². The van der Waals surface area contributed by atoms with E-state index < -0.39 is 0 Å². The fourth-order valence-electron chi connectivity index (χ4n) is 2.52. The third kappa shape index (κ3) is 4.29. The number of carbonyl (C=O) groups is 1. The molecule has 3 rings (SSSR count). The van der Waals surface area contributed by atoms with Gasteiger partial charge in [-0.1, -0.05) is 18.2 Å². The maximum atomic E-state index is 12.4. The highest BCUT2D eigenvalue weighted by Gasteiger charge is 2.18. The van der Waals surface area contributed by atoms with Crippen LogP contribution in [0.1, 0.15) is 28.8 Å². The summed E-state index contributed by atoms with van der Waals surface area (Å²) in [5.74, 6) is 0.434. The van der Waals surface area contributed by atoms with Crippen molar-refractivity contribution >= 4 is 5.91 Å². The molecule has 1 saturated heterocycles. The second-order valence-corrected chi connectivity index (χ2v) is 5.49. The number of hydrogen-bond donors (Lipinski definition) is 1. The Balaban J connectivity index is 1.60. The zero-order valence-electron chi connectivity index (χ0n) is 12.9. The third-order valence-electron chi connectivity index (χ3n) is 3.76. The van der Waals surface area contributed by atoms with Crippen LogP contribution in [-0.2, 0) is 11.3 Å². The van der Waals surface area contributed by atoms with Crippen molar-refractivity contribution in [2.75, 3.05) is 13.2 Å². The minimum atomic E-state index is -0.156. The SMILES string of the molecule is O=C(NCc1cccnc1)c1ccccc1OCC1CCCO1. The van der Waals surface area contributed by atoms with Crippen molar-refractivity contribution in [3.8, 4) is 5.75 Å². The van der Waals surface area contributed by atoms with Crippen molar-refractivity contribution < 1.29 is 14.3 Å². The van der Waals surface area contributed by atoms with Gasteiger partial charge in [-0.3, -0.25) is 9.78 Å². The van der Waals surface area contributed by atoms with Crippen LogP contribution in [0.4, 0.5) is 0 Å². The highest BCUT2D eigenvalue weighted by molar-refractivity contribution is 5.96.